The van der Waals surface area contributed by atoms with Crippen LogP contribution in [0.25, 0.3) is 16.6 Å². The van der Waals surface area contributed by atoms with Gasteiger partial charge >= 0.3 is 0 Å². The Morgan fingerprint density at radius 1 is 1.15 bits per heavy atom. The van der Waals surface area contributed by atoms with Crippen LogP contribution >= 0.6 is 11.6 Å². The molecule has 4 aromatic rings. The number of hydrogen-bond acceptors (Lipinski definition) is 5. The van der Waals surface area contributed by atoms with Crippen LogP contribution in [0.3, 0.4) is 0 Å². The number of nitrogens with zero attached hydrogens (tertiary/aromatic N) is 3. The van der Waals surface area contributed by atoms with E-state index < -0.39 is 9.84 Å². The third kappa shape index (κ3) is 4.46. The molecule has 6 nitrogen and oxygen atoms in total. The minimum Gasteiger partial charge on any atom is -0.490 e. The molecule has 0 unspecified atom stereocenters. The van der Waals surface area contributed by atoms with Crippen LogP contribution < -0.4 is 4.74 Å². The van der Waals surface area contributed by atoms with E-state index in [4.69, 9.17) is 16.3 Å². The van der Waals surface area contributed by atoms with E-state index in [-0.39, 0.29) is 10.7 Å². The smallest absolute Gasteiger partial charge is 0.177 e. The van der Waals surface area contributed by atoms with E-state index in [0.29, 0.717) is 37.0 Å². The van der Waals surface area contributed by atoms with E-state index in [1.165, 1.54) is 24.6 Å². The molecule has 170 valence electrons. The molecular formula is C24H21ClFN3O3S. The van der Waals surface area contributed by atoms with Gasteiger partial charge in [0.1, 0.15) is 18.2 Å². The molecule has 3 heterocycles. The predicted molar refractivity (Wildman–Crippen MR) is 125 cm³/mol. The van der Waals surface area contributed by atoms with Crippen LogP contribution in [0.1, 0.15) is 11.3 Å². The van der Waals surface area contributed by atoms with E-state index in [1.54, 1.807) is 18.2 Å². The van der Waals surface area contributed by atoms with Gasteiger partial charge in [-0.05, 0) is 48.5 Å². The lowest BCUT2D eigenvalue weighted by Crippen LogP contribution is -2.25. The summed E-state index contributed by atoms with van der Waals surface area (Å²) in [4.78, 5) is 6.70. The first-order valence-corrected chi connectivity index (χ1v) is 12.6. The van der Waals surface area contributed by atoms with Gasteiger partial charge in [-0.2, -0.15) is 0 Å². The zero-order chi connectivity index (χ0) is 23.2. The van der Waals surface area contributed by atoms with Crippen molar-refractivity contribution in [3.05, 3.63) is 83.0 Å². The number of halogens is 2. The number of rotatable bonds is 4. The normalized spacial score (nSPS) is 14.6. The Labute approximate surface area is 196 Å². The fourth-order valence-electron chi connectivity index (χ4n) is 4.08. The van der Waals surface area contributed by atoms with Crippen molar-refractivity contribution in [2.24, 2.45) is 0 Å². The SMILES string of the molecule is CS(=O)(=O)c1ccc(CN2CCOc3c(Cl)cc(-n4ccc5cc(F)ccc54)cc3C2)nc1. The lowest BCUT2D eigenvalue weighted by molar-refractivity contribution is 0.218. The van der Waals surface area contributed by atoms with Crippen LogP contribution in [0.4, 0.5) is 4.39 Å². The molecule has 0 atom stereocenters. The van der Waals surface area contributed by atoms with Crippen LogP contribution in [0.5, 0.6) is 5.75 Å². The monoisotopic (exact) mass is 485 g/mol. The second-order valence-electron chi connectivity index (χ2n) is 8.12. The largest absolute Gasteiger partial charge is 0.490 e. The summed E-state index contributed by atoms with van der Waals surface area (Å²) in [6, 6.07) is 13.8. The number of fused-ring (bicyclic) bond motifs is 2. The maximum atomic E-state index is 13.6. The topological polar surface area (TPSA) is 64.4 Å². The molecule has 0 aliphatic carbocycles. The predicted octanol–water partition coefficient (Wildman–Crippen LogP) is 4.62. The highest BCUT2D eigenvalue weighted by Gasteiger charge is 2.20. The first-order valence-electron chi connectivity index (χ1n) is 10.4. The Morgan fingerprint density at radius 2 is 2.00 bits per heavy atom. The molecule has 0 saturated carbocycles. The van der Waals surface area contributed by atoms with Crippen molar-refractivity contribution in [1.82, 2.24) is 14.5 Å². The molecule has 33 heavy (non-hydrogen) atoms. The third-order valence-electron chi connectivity index (χ3n) is 5.69. The van der Waals surface area contributed by atoms with Crippen molar-refractivity contribution < 1.29 is 17.5 Å². The summed E-state index contributed by atoms with van der Waals surface area (Å²) in [6.45, 7) is 2.27. The molecule has 0 fully saturated rings. The van der Waals surface area contributed by atoms with Gasteiger partial charge in [-0.3, -0.25) is 9.88 Å². The average molecular weight is 486 g/mol. The minimum atomic E-state index is -3.28. The summed E-state index contributed by atoms with van der Waals surface area (Å²) in [7, 11) is -3.28. The molecule has 9 heteroatoms. The van der Waals surface area contributed by atoms with Gasteiger partial charge in [-0.15, -0.1) is 0 Å². The number of benzene rings is 2. The molecule has 0 spiro atoms. The Balaban J connectivity index is 1.44. The maximum absolute atomic E-state index is 13.6. The van der Waals surface area contributed by atoms with Gasteiger partial charge in [0.2, 0.25) is 0 Å². The van der Waals surface area contributed by atoms with Crippen molar-refractivity contribution >= 4 is 32.3 Å². The quantitative estimate of drug-likeness (QED) is 0.422. The van der Waals surface area contributed by atoms with Crippen molar-refractivity contribution in [3.63, 3.8) is 0 Å². The summed E-state index contributed by atoms with van der Waals surface area (Å²) in [5.74, 6) is 0.383. The van der Waals surface area contributed by atoms with Gasteiger partial charge in [0.05, 0.1) is 21.1 Å². The van der Waals surface area contributed by atoms with Crippen molar-refractivity contribution in [2.45, 2.75) is 18.0 Å². The Bertz CT molecular complexity index is 1450. The number of sulfone groups is 1. The van der Waals surface area contributed by atoms with Crippen molar-refractivity contribution in [1.29, 1.82) is 0 Å². The summed E-state index contributed by atoms with van der Waals surface area (Å²) in [6.07, 6.45) is 4.45. The fourth-order valence-corrected chi connectivity index (χ4v) is 4.92. The Hall–Kier alpha value is -2.94. The zero-order valence-electron chi connectivity index (χ0n) is 17.8. The lowest BCUT2D eigenvalue weighted by Gasteiger charge is -2.19. The minimum absolute atomic E-state index is 0.200. The first-order chi connectivity index (χ1) is 15.8. The number of ether oxygens (including phenoxy) is 1. The highest BCUT2D eigenvalue weighted by molar-refractivity contribution is 7.90. The Kier molecular flexibility index (Phi) is 5.60. The zero-order valence-corrected chi connectivity index (χ0v) is 19.4. The average Bonchev–Trinajstić information content (AvgIpc) is 3.06. The molecule has 0 N–H and O–H groups in total. The summed E-state index contributed by atoms with van der Waals surface area (Å²) >= 11 is 6.60. The molecular weight excluding hydrogens is 465 g/mol. The van der Waals surface area contributed by atoms with Gasteiger partial charge in [0, 0.05) is 54.9 Å². The molecule has 0 saturated heterocycles. The lowest BCUT2D eigenvalue weighted by atomic mass is 10.1. The molecule has 0 bridgehead atoms. The van der Waals surface area contributed by atoms with Crippen molar-refractivity contribution in [2.75, 3.05) is 19.4 Å². The van der Waals surface area contributed by atoms with Gasteiger partial charge in [0.15, 0.2) is 9.84 Å². The second-order valence-corrected chi connectivity index (χ2v) is 10.5. The van der Waals surface area contributed by atoms with E-state index in [9.17, 15) is 12.8 Å². The van der Waals surface area contributed by atoms with Gasteiger partial charge in [0.25, 0.3) is 0 Å². The van der Waals surface area contributed by atoms with E-state index >= 15 is 0 Å². The summed E-state index contributed by atoms with van der Waals surface area (Å²) in [5.41, 5.74) is 3.45. The molecule has 0 amide bonds. The molecule has 2 aromatic heterocycles. The van der Waals surface area contributed by atoms with Crippen LogP contribution in [0, 0.1) is 5.82 Å². The van der Waals surface area contributed by atoms with E-state index in [1.807, 2.05) is 29.0 Å². The highest BCUT2D eigenvalue weighted by Crippen LogP contribution is 2.35. The Morgan fingerprint density at radius 3 is 2.76 bits per heavy atom. The fraction of sp³-hybridized carbons (Fsp3) is 0.208. The third-order valence-corrected chi connectivity index (χ3v) is 7.07. The van der Waals surface area contributed by atoms with E-state index in [0.717, 1.165) is 27.8 Å². The molecule has 1 aliphatic heterocycles. The van der Waals surface area contributed by atoms with Crippen LogP contribution in [0.2, 0.25) is 5.02 Å². The number of aromatic nitrogens is 2. The van der Waals surface area contributed by atoms with E-state index in [2.05, 4.69) is 9.88 Å². The molecule has 5 rings (SSSR count). The molecule has 2 aromatic carbocycles. The van der Waals surface area contributed by atoms with Gasteiger partial charge in [-0.1, -0.05) is 11.6 Å². The second kappa shape index (κ2) is 8.44. The van der Waals surface area contributed by atoms with Gasteiger partial charge in [-0.25, -0.2) is 12.8 Å². The number of hydrogen-bond donors (Lipinski definition) is 0. The molecule has 0 radical (unpaired) electrons. The van der Waals surface area contributed by atoms with Gasteiger partial charge < -0.3 is 9.30 Å². The first kappa shape index (κ1) is 21.9. The highest BCUT2D eigenvalue weighted by atomic mass is 35.5. The van der Waals surface area contributed by atoms with Crippen LogP contribution in [0.15, 0.2) is 65.8 Å². The molecule has 1 aliphatic rings. The summed E-state index contributed by atoms with van der Waals surface area (Å²) in [5, 5.41) is 1.33. The van der Waals surface area contributed by atoms with Crippen LogP contribution in [-0.4, -0.2) is 42.3 Å². The van der Waals surface area contributed by atoms with Crippen LogP contribution in [-0.2, 0) is 22.9 Å². The summed E-state index contributed by atoms with van der Waals surface area (Å²) < 4.78 is 44.9. The van der Waals surface area contributed by atoms with Crippen molar-refractivity contribution in [3.8, 4) is 11.4 Å². The standard InChI is InChI=1S/C24H21ClFN3O3S/c1-33(30,31)21-4-3-19(27-13-21)15-28-8-9-32-24-17(14-28)11-20(12-22(24)25)29-7-6-16-10-18(26)2-5-23(16)29/h2-7,10-13H,8-9,14-15H2,1H3. The maximum Gasteiger partial charge on any atom is 0.177 e. The number of pyridine rings is 1.